The molecule has 0 aliphatic rings. The van der Waals surface area contributed by atoms with E-state index in [2.05, 4.69) is 63.8 Å². The monoisotopic (exact) mass is 365 g/mol. The van der Waals surface area contributed by atoms with E-state index in [1.807, 2.05) is 12.1 Å². The molecule has 2 aromatic heterocycles. The van der Waals surface area contributed by atoms with E-state index < -0.39 is 0 Å². The fraction of sp³-hybridized carbons (Fsp3) is 0.333. The van der Waals surface area contributed by atoms with E-state index in [0.29, 0.717) is 12.4 Å². The van der Waals surface area contributed by atoms with Crippen LogP contribution in [0.25, 0.3) is 10.9 Å². The number of guanidine groups is 1. The van der Waals surface area contributed by atoms with Gasteiger partial charge in [0.2, 0.25) is 5.88 Å². The molecule has 0 fully saturated rings. The van der Waals surface area contributed by atoms with Gasteiger partial charge in [0.05, 0.1) is 13.7 Å². The SMILES string of the molecule is CCNC(=NCc1ccc(OC)nc1)NCCc1c[nH]c2cc(C)ccc12. The van der Waals surface area contributed by atoms with Gasteiger partial charge in [-0.1, -0.05) is 18.2 Å². The van der Waals surface area contributed by atoms with Gasteiger partial charge < -0.3 is 20.4 Å². The number of aromatic nitrogens is 2. The zero-order chi connectivity index (χ0) is 19.1. The van der Waals surface area contributed by atoms with E-state index in [4.69, 9.17) is 4.74 Å². The molecule has 2 heterocycles. The summed E-state index contributed by atoms with van der Waals surface area (Å²) in [7, 11) is 1.61. The van der Waals surface area contributed by atoms with Crippen molar-refractivity contribution < 1.29 is 4.74 Å². The highest BCUT2D eigenvalue weighted by Gasteiger charge is 2.04. The second-order valence-electron chi connectivity index (χ2n) is 6.44. The first-order valence-corrected chi connectivity index (χ1v) is 9.27. The zero-order valence-electron chi connectivity index (χ0n) is 16.2. The van der Waals surface area contributed by atoms with Crippen LogP contribution in [0.3, 0.4) is 0 Å². The Morgan fingerprint density at radius 3 is 2.85 bits per heavy atom. The summed E-state index contributed by atoms with van der Waals surface area (Å²) in [5.41, 5.74) is 4.81. The van der Waals surface area contributed by atoms with Gasteiger partial charge in [0.1, 0.15) is 0 Å². The standard InChI is InChI=1S/C21H27N5O/c1-4-22-21(26-13-16-6-8-20(27-3)25-12-16)23-10-9-17-14-24-19-11-15(2)5-7-18(17)19/h5-8,11-12,14,24H,4,9-10,13H2,1-3H3,(H2,22,23,26). The molecule has 0 bridgehead atoms. The van der Waals surface area contributed by atoms with Crippen LogP contribution < -0.4 is 15.4 Å². The van der Waals surface area contributed by atoms with Crippen LogP contribution in [0.2, 0.25) is 0 Å². The van der Waals surface area contributed by atoms with Crippen LogP contribution in [0.5, 0.6) is 5.88 Å². The Labute approximate surface area is 160 Å². The number of aliphatic imine (C=N–C) groups is 1. The number of nitrogens with one attached hydrogen (secondary N) is 3. The molecule has 0 radical (unpaired) electrons. The van der Waals surface area contributed by atoms with E-state index in [-0.39, 0.29) is 0 Å². The highest BCUT2D eigenvalue weighted by Crippen LogP contribution is 2.19. The molecule has 142 valence electrons. The van der Waals surface area contributed by atoms with Crippen LogP contribution in [0.4, 0.5) is 0 Å². The Hall–Kier alpha value is -3.02. The van der Waals surface area contributed by atoms with Crippen molar-refractivity contribution in [1.82, 2.24) is 20.6 Å². The first kappa shape index (κ1) is 18.8. The third-order valence-corrected chi connectivity index (χ3v) is 4.38. The van der Waals surface area contributed by atoms with Crippen LogP contribution in [-0.2, 0) is 13.0 Å². The van der Waals surface area contributed by atoms with E-state index in [1.54, 1.807) is 13.3 Å². The van der Waals surface area contributed by atoms with E-state index in [0.717, 1.165) is 31.0 Å². The third-order valence-electron chi connectivity index (χ3n) is 4.38. The number of aryl methyl sites for hydroxylation is 1. The van der Waals surface area contributed by atoms with Gasteiger partial charge in [0.25, 0.3) is 0 Å². The van der Waals surface area contributed by atoms with Crippen LogP contribution in [0.15, 0.2) is 47.7 Å². The normalized spacial score (nSPS) is 11.6. The lowest BCUT2D eigenvalue weighted by molar-refractivity contribution is 0.397. The Morgan fingerprint density at radius 1 is 1.22 bits per heavy atom. The van der Waals surface area contributed by atoms with Gasteiger partial charge in [-0.05, 0) is 43.0 Å². The lowest BCUT2D eigenvalue weighted by atomic mass is 10.1. The molecule has 6 heteroatoms. The van der Waals surface area contributed by atoms with Crippen molar-refractivity contribution in [2.75, 3.05) is 20.2 Å². The number of methoxy groups -OCH3 is 1. The molecule has 0 saturated heterocycles. The highest BCUT2D eigenvalue weighted by atomic mass is 16.5. The lowest BCUT2D eigenvalue weighted by Gasteiger charge is -2.11. The second-order valence-corrected chi connectivity index (χ2v) is 6.44. The first-order chi connectivity index (χ1) is 13.2. The molecule has 0 aliphatic carbocycles. The first-order valence-electron chi connectivity index (χ1n) is 9.27. The maximum absolute atomic E-state index is 5.08. The summed E-state index contributed by atoms with van der Waals surface area (Å²) in [6.07, 6.45) is 4.82. The summed E-state index contributed by atoms with van der Waals surface area (Å²) in [6.45, 7) is 6.37. The number of rotatable bonds is 7. The number of nitrogens with zero attached hydrogens (tertiary/aromatic N) is 2. The smallest absolute Gasteiger partial charge is 0.212 e. The number of ether oxygens (including phenoxy) is 1. The minimum atomic E-state index is 0.568. The molecule has 27 heavy (non-hydrogen) atoms. The van der Waals surface area contributed by atoms with Gasteiger partial charge in [-0.15, -0.1) is 0 Å². The maximum atomic E-state index is 5.08. The van der Waals surface area contributed by atoms with Crippen molar-refractivity contribution in [3.63, 3.8) is 0 Å². The van der Waals surface area contributed by atoms with E-state index in [9.17, 15) is 0 Å². The van der Waals surface area contributed by atoms with Gasteiger partial charge in [-0.3, -0.25) is 0 Å². The minimum absolute atomic E-state index is 0.568. The average Bonchev–Trinajstić information content (AvgIpc) is 3.08. The fourth-order valence-electron chi connectivity index (χ4n) is 2.96. The highest BCUT2D eigenvalue weighted by molar-refractivity contribution is 5.84. The zero-order valence-corrected chi connectivity index (χ0v) is 16.2. The number of hydrogen-bond acceptors (Lipinski definition) is 3. The van der Waals surface area contributed by atoms with Crippen molar-refractivity contribution in [2.24, 2.45) is 4.99 Å². The molecule has 3 aromatic rings. The number of hydrogen-bond donors (Lipinski definition) is 3. The van der Waals surface area contributed by atoms with Gasteiger partial charge in [0, 0.05) is 42.5 Å². The average molecular weight is 365 g/mol. The van der Waals surface area contributed by atoms with Gasteiger partial charge in [-0.25, -0.2) is 9.98 Å². The molecular formula is C21H27N5O. The van der Waals surface area contributed by atoms with E-state index in [1.165, 1.54) is 22.0 Å². The molecule has 3 rings (SSSR count). The van der Waals surface area contributed by atoms with Crippen LogP contribution in [-0.4, -0.2) is 36.1 Å². The van der Waals surface area contributed by atoms with Crippen molar-refractivity contribution >= 4 is 16.9 Å². The number of H-pyrrole nitrogens is 1. The van der Waals surface area contributed by atoms with Crippen LogP contribution in [0, 0.1) is 6.92 Å². The molecule has 0 atom stereocenters. The quantitative estimate of drug-likeness (QED) is 0.444. The topological polar surface area (TPSA) is 74.3 Å². The Kier molecular flexibility index (Phi) is 6.30. The molecule has 6 nitrogen and oxygen atoms in total. The van der Waals surface area contributed by atoms with Gasteiger partial charge in [0.15, 0.2) is 5.96 Å². The Balaban J connectivity index is 1.58. The third kappa shape index (κ3) is 5.00. The van der Waals surface area contributed by atoms with Gasteiger partial charge in [-0.2, -0.15) is 0 Å². The molecule has 0 aliphatic heterocycles. The van der Waals surface area contributed by atoms with Crippen molar-refractivity contribution in [2.45, 2.75) is 26.8 Å². The summed E-state index contributed by atoms with van der Waals surface area (Å²) < 4.78 is 5.08. The van der Waals surface area contributed by atoms with Crippen molar-refractivity contribution in [3.05, 3.63) is 59.4 Å². The number of fused-ring (bicyclic) bond motifs is 1. The summed E-state index contributed by atoms with van der Waals surface area (Å²) in [4.78, 5) is 12.2. The van der Waals surface area contributed by atoms with Gasteiger partial charge >= 0.3 is 0 Å². The second kappa shape index (κ2) is 9.07. The molecule has 0 amide bonds. The summed E-state index contributed by atoms with van der Waals surface area (Å²) in [5.74, 6) is 1.42. The Bertz CT molecular complexity index is 899. The fourth-order valence-corrected chi connectivity index (χ4v) is 2.96. The summed E-state index contributed by atoms with van der Waals surface area (Å²) >= 11 is 0. The predicted molar refractivity (Wildman–Crippen MR) is 110 cm³/mol. The summed E-state index contributed by atoms with van der Waals surface area (Å²) in [6, 6.07) is 10.4. The molecule has 0 spiro atoms. The predicted octanol–water partition coefficient (Wildman–Crippen LogP) is 3.18. The molecular weight excluding hydrogens is 338 g/mol. The van der Waals surface area contributed by atoms with Crippen LogP contribution >= 0.6 is 0 Å². The summed E-state index contributed by atoms with van der Waals surface area (Å²) in [5, 5.41) is 7.98. The van der Waals surface area contributed by atoms with Crippen LogP contribution in [0.1, 0.15) is 23.6 Å². The van der Waals surface area contributed by atoms with Crippen molar-refractivity contribution in [3.8, 4) is 5.88 Å². The van der Waals surface area contributed by atoms with Crippen molar-refractivity contribution in [1.29, 1.82) is 0 Å². The van der Waals surface area contributed by atoms with E-state index >= 15 is 0 Å². The largest absolute Gasteiger partial charge is 0.481 e. The number of aromatic amines is 1. The molecule has 0 saturated carbocycles. The minimum Gasteiger partial charge on any atom is -0.481 e. The maximum Gasteiger partial charge on any atom is 0.212 e. The molecule has 3 N–H and O–H groups in total. The number of pyridine rings is 1. The molecule has 1 aromatic carbocycles. The lowest BCUT2D eigenvalue weighted by Crippen LogP contribution is -2.38. The number of benzene rings is 1. The Morgan fingerprint density at radius 2 is 2.11 bits per heavy atom. The molecule has 0 unspecified atom stereocenters.